The number of morpholine rings is 1. The molecule has 0 saturated carbocycles. The van der Waals surface area contributed by atoms with Gasteiger partial charge in [0.1, 0.15) is 6.54 Å². The van der Waals surface area contributed by atoms with Crippen molar-refractivity contribution < 1.29 is 22.7 Å². The van der Waals surface area contributed by atoms with Gasteiger partial charge in [0.25, 0.3) is 0 Å². The number of rotatable bonds is 3. The van der Waals surface area contributed by atoms with Gasteiger partial charge in [-0.25, -0.2) is 0 Å². The number of carbonyl (C=O) groups excluding carboxylic acids is 1. The van der Waals surface area contributed by atoms with Crippen molar-refractivity contribution >= 4 is 5.91 Å². The second kappa shape index (κ2) is 5.88. The molecule has 7 heteroatoms. The van der Waals surface area contributed by atoms with Crippen LogP contribution in [0.4, 0.5) is 13.2 Å². The molecule has 1 aliphatic heterocycles. The fourth-order valence-electron chi connectivity index (χ4n) is 2.03. The molecule has 1 aliphatic rings. The third kappa shape index (κ3) is 4.81. The minimum Gasteiger partial charge on any atom is -0.373 e. The van der Waals surface area contributed by atoms with Gasteiger partial charge in [-0.1, -0.05) is 0 Å². The summed E-state index contributed by atoms with van der Waals surface area (Å²) in [4.78, 5) is 13.4. The van der Waals surface area contributed by atoms with Crippen LogP contribution in [0.5, 0.6) is 0 Å². The Kier molecular flexibility index (Phi) is 4.98. The predicted molar refractivity (Wildman–Crippen MR) is 60.1 cm³/mol. The Hall–Kier alpha value is -0.820. The van der Waals surface area contributed by atoms with Crippen molar-refractivity contribution in [2.75, 3.05) is 19.6 Å². The fourth-order valence-corrected chi connectivity index (χ4v) is 2.03. The quantitative estimate of drug-likeness (QED) is 0.835. The van der Waals surface area contributed by atoms with Crippen LogP contribution < -0.4 is 5.32 Å². The van der Waals surface area contributed by atoms with Gasteiger partial charge in [0.15, 0.2) is 0 Å². The van der Waals surface area contributed by atoms with E-state index in [-0.39, 0.29) is 12.2 Å². The molecule has 1 amide bonds. The highest BCUT2D eigenvalue weighted by Crippen LogP contribution is 2.15. The molecule has 3 unspecified atom stereocenters. The summed E-state index contributed by atoms with van der Waals surface area (Å²) < 4.78 is 41.5. The van der Waals surface area contributed by atoms with E-state index in [1.54, 1.807) is 6.92 Å². The molecule has 1 saturated heterocycles. The Bertz CT molecular complexity index is 287. The summed E-state index contributed by atoms with van der Waals surface area (Å²) in [7, 11) is 0. The lowest BCUT2D eigenvalue weighted by atomic mass is 10.1. The fraction of sp³-hybridized carbons (Fsp3) is 0.909. The molecule has 0 bridgehead atoms. The zero-order valence-electron chi connectivity index (χ0n) is 10.8. The van der Waals surface area contributed by atoms with Gasteiger partial charge in [-0.15, -0.1) is 0 Å². The maximum atomic E-state index is 12.0. The number of ether oxygens (including phenoxy) is 1. The van der Waals surface area contributed by atoms with E-state index in [2.05, 4.69) is 0 Å². The monoisotopic (exact) mass is 268 g/mol. The van der Waals surface area contributed by atoms with E-state index in [1.165, 1.54) is 0 Å². The van der Waals surface area contributed by atoms with E-state index in [0.29, 0.717) is 13.1 Å². The van der Waals surface area contributed by atoms with Gasteiger partial charge < -0.3 is 10.1 Å². The lowest BCUT2D eigenvalue weighted by Crippen LogP contribution is -2.54. The first-order chi connectivity index (χ1) is 8.19. The van der Waals surface area contributed by atoms with Crippen LogP contribution in [0.2, 0.25) is 0 Å². The third-order valence-electron chi connectivity index (χ3n) is 2.84. The summed E-state index contributed by atoms with van der Waals surface area (Å²) in [5.41, 5.74) is 0. The molecule has 3 atom stereocenters. The largest absolute Gasteiger partial charge is 0.405 e. The summed E-state index contributed by atoms with van der Waals surface area (Å²) in [5.74, 6) is -0.603. The molecular formula is C11H19F3N2O2. The van der Waals surface area contributed by atoms with Crippen LogP contribution in [0, 0.1) is 0 Å². The van der Waals surface area contributed by atoms with Crippen molar-refractivity contribution in [2.45, 2.75) is 45.2 Å². The summed E-state index contributed by atoms with van der Waals surface area (Å²) >= 11 is 0. The zero-order valence-corrected chi connectivity index (χ0v) is 10.8. The van der Waals surface area contributed by atoms with Crippen LogP contribution in [0.25, 0.3) is 0 Å². The smallest absolute Gasteiger partial charge is 0.373 e. The average Bonchev–Trinajstić information content (AvgIpc) is 2.22. The highest BCUT2D eigenvalue weighted by atomic mass is 19.4. The Labute approximate surface area is 104 Å². The molecule has 1 fully saturated rings. The number of alkyl halides is 3. The SMILES string of the molecule is CC1CN(C(C)C(=O)NCC(F)(F)F)CC(C)O1. The minimum atomic E-state index is -4.37. The number of carbonyl (C=O) groups is 1. The van der Waals surface area contributed by atoms with Gasteiger partial charge in [-0.3, -0.25) is 9.69 Å². The van der Waals surface area contributed by atoms with Crippen molar-refractivity contribution in [1.29, 1.82) is 0 Å². The van der Waals surface area contributed by atoms with Crippen LogP contribution in [0.15, 0.2) is 0 Å². The Balaban J connectivity index is 2.47. The summed E-state index contributed by atoms with van der Waals surface area (Å²) in [6, 6.07) is -0.582. The molecule has 0 aromatic carbocycles. The number of amides is 1. The molecule has 1 N–H and O–H groups in total. The lowest BCUT2D eigenvalue weighted by molar-refractivity contribution is -0.144. The lowest BCUT2D eigenvalue weighted by Gasteiger charge is -2.38. The number of hydrogen-bond acceptors (Lipinski definition) is 3. The molecule has 0 aromatic rings. The van der Waals surface area contributed by atoms with Crippen LogP contribution in [-0.2, 0) is 9.53 Å². The number of nitrogens with zero attached hydrogens (tertiary/aromatic N) is 1. The van der Waals surface area contributed by atoms with E-state index in [0.717, 1.165) is 0 Å². The van der Waals surface area contributed by atoms with E-state index < -0.39 is 24.7 Å². The molecule has 1 heterocycles. The third-order valence-corrected chi connectivity index (χ3v) is 2.84. The Morgan fingerprint density at radius 2 is 1.89 bits per heavy atom. The normalized spacial score (nSPS) is 27.9. The standard InChI is InChI=1S/C11H19F3N2O2/c1-7-4-16(5-8(2)18-7)9(3)10(17)15-6-11(12,13)14/h7-9H,4-6H2,1-3H3,(H,15,17). The molecule has 0 aromatic heterocycles. The maximum Gasteiger partial charge on any atom is 0.405 e. The minimum absolute atomic E-state index is 0.0217. The average molecular weight is 268 g/mol. The molecule has 106 valence electrons. The van der Waals surface area contributed by atoms with Crippen LogP contribution >= 0.6 is 0 Å². The van der Waals surface area contributed by atoms with E-state index >= 15 is 0 Å². The molecule has 0 spiro atoms. The number of halogens is 3. The van der Waals surface area contributed by atoms with Gasteiger partial charge in [0.2, 0.25) is 5.91 Å². The van der Waals surface area contributed by atoms with Gasteiger partial charge in [0, 0.05) is 13.1 Å². The first kappa shape index (κ1) is 15.2. The summed E-state index contributed by atoms with van der Waals surface area (Å²) in [6.45, 7) is 5.17. The van der Waals surface area contributed by atoms with Gasteiger partial charge >= 0.3 is 6.18 Å². The Morgan fingerprint density at radius 3 is 2.33 bits per heavy atom. The molecule has 0 aliphatic carbocycles. The van der Waals surface area contributed by atoms with Crippen molar-refractivity contribution in [1.82, 2.24) is 10.2 Å². The molecule has 1 rings (SSSR count). The second-order valence-corrected chi connectivity index (χ2v) is 4.72. The number of hydrogen-bond donors (Lipinski definition) is 1. The molecular weight excluding hydrogens is 249 g/mol. The Morgan fingerprint density at radius 1 is 1.39 bits per heavy atom. The summed E-state index contributed by atoms with van der Waals surface area (Å²) in [5, 5.41) is 1.90. The number of nitrogens with one attached hydrogen (secondary N) is 1. The van der Waals surface area contributed by atoms with Gasteiger partial charge in [-0.2, -0.15) is 13.2 Å². The van der Waals surface area contributed by atoms with Crippen molar-refractivity contribution in [2.24, 2.45) is 0 Å². The topological polar surface area (TPSA) is 41.6 Å². The highest BCUT2D eigenvalue weighted by molar-refractivity contribution is 5.81. The first-order valence-corrected chi connectivity index (χ1v) is 5.93. The van der Waals surface area contributed by atoms with Crippen molar-refractivity contribution in [3.63, 3.8) is 0 Å². The van der Waals surface area contributed by atoms with Crippen molar-refractivity contribution in [3.05, 3.63) is 0 Å². The molecule has 0 radical (unpaired) electrons. The van der Waals surface area contributed by atoms with Crippen LogP contribution in [-0.4, -0.2) is 54.9 Å². The van der Waals surface area contributed by atoms with Gasteiger partial charge in [0.05, 0.1) is 18.2 Å². The second-order valence-electron chi connectivity index (χ2n) is 4.72. The van der Waals surface area contributed by atoms with Crippen LogP contribution in [0.1, 0.15) is 20.8 Å². The predicted octanol–water partition coefficient (Wildman–Crippen LogP) is 1.16. The zero-order chi connectivity index (χ0) is 13.9. The van der Waals surface area contributed by atoms with E-state index in [1.807, 2.05) is 24.1 Å². The summed E-state index contributed by atoms with van der Waals surface area (Å²) in [6.07, 6.45) is -4.42. The van der Waals surface area contributed by atoms with Crippen molar-refractivity contribution in [3.8, 4) is 0 Å². The molecule has 4 nitrogen and oxygen atoms in total. The van der Waals surface area contributed by atoms with Gasteiger partial charge in [-0.05, 0) is 20.8 Å². The molecule has 18 heavy (non-hydrogen) atoms. The van der Waals surface area contributed by atoms with E-state index in [9.17, 15) is 18.0 Å². The van der Waals surface area contributed by atoms with Crippen LogP contribution in [0.3, 0.4) is 0 Å². The van der Waals surface area contributed by atoms with E-state index in [4.69, 9.17) is 4.74 Å². The maximum absolute atomic E-state index is 12.0. The first-order valence-electron chi connectivity index (χ1n) is 5.93. The highest BCUT2D eigenvalue weighted by Gasteiger charge is 2.32.